The topological polar surface area (TPSA) is 93.0 Å². The van der Waals surface area contributed by atoms with Crippen LogP contribution < -0.4 is 9.64 Å². The highest BCUT2D eigenvalue weighted by atomic mass is 16.6. The predicted octanol–water partition coefficient (Wildman–Crippen LogP) is 5.71. The van der Waals surface area contributed by atoms with Crippen molar-refractivity contribution in [3.63, 3.8) is 0 Å². The average molecular weight is 514 g/mol. The molecule has 0 saturated heterocycles. The molecule has 3 aromatic rings. The van der Waals surface area contributed by atoms with Gasteiger partial charge in [0.1, 0.15) is 11.8 Å². The molecule has 1 heterocycles. The first-order valence-corrected chi connectivity index (χ1v) is 13.1. The van der Waals surface area contributed by atoms with Crippen molar-refractivity contribution in [2.75, 3.05) is 18.6 Å². The van der Waals surface area contributed by atoms with Crippen LogP contribution in [0.1, 0.15) is 59.6 Å². The van der Waals surface area contributed by atoms with E-state index in [-0.39, 0.29) is 23.2 Å². The molecule has 0 radical (unpaired) electrons. The number of carbonyl (C=O) groups is 2. The van der Waals surface area contributed by atoms with Gasteiger partial charge in [0.2, 0.25) is 0 Å². The smallest absolute Gasteiger partial charge is 0.270 e. The molecule has 1 aliphatic heterocycles. The molecule has 0 aromatic heterocycles. The zero-order valence-corrected chi connectivity index (χ0v) is 21.4. The Balaban J connectivity index is 1.59. The van der Waals surface area contributed by atoms with Crippen molar-refractivity contribution >= 4 is 23.2 Å². The summed E-state index contributed by atoms with van der Waals surface area (Å²) in [6.07, 6.45) is 5.15. The molecule has 196 valence electrons. The Morgan fingerprint density at radius 1 is 0.974 bits per heavy atom. The number of methoxy groups -OCH3 is 1. The molecule has 0 spiro atoms. The number of amides is 2. The van der Waals surface area contributed by atoms with Crippen LogP contribution in [-0.4, -0.2) is 41.3 Å². The Morgan fingerprint density at radius 2 is 1.71 bits per heavy atom. The summed E-state index contributed by atoms with van der Waals surface area (Å²) in [5.41, 5.74) is 2.81. The van der Waals surface area contributed by atoms with Crippen LogP contribution >= 0.6 is 0 Å². The fourth-order valence-corrected chi connectivity index (χ4v) is 5.69. The third-order valence-corrected chi connectivity index (χ3v) is 7.62. The van der Waals surface area contributed by atoms with Gasteiger partial charge in [-0.25, -0.2) is 0 Å². The number of nitrogens with zero attached hydrogens (tertiary/aromatic N) is 3. The molecule has 2 amide bonds. The SMILES string of the molecule is COc1ccc(N2CCc3ccccc3[C@@H]2C(=O)N(C(=O)c2cccc([N+](=O)[O-])c2)C2CCCCC2)cc1. The maximum absolute atomic E-state index is 14.6. The summed E-state index contributed by atoms with van der Waals surface area (Å²) in [7, 11) is 1.61. The lowest BCUT2D eigenvalue weighted by atomic mass is 9.88. The van der Waals surface area contributed by atoms with Gasteiger partial charge in [0.05, 0.1) is 12.0 Å². The largest absolute Gasteiger partial charge is 0.497 e. The number of anilines is 1. The highest BCUT2D eigenvalue weighted by Gasteiger charge is 2.41. The molecule has 1 saturated carbocycles. The zero-order valence-electron chi connectivity index (χ0n) is 21.4. The van der Waals surface area contributed by atoms with Gasteiger partial charge in [0.25, 0.3) is 17.5 Å². The second-order valence-corrected chi connectivity index (χ2v) is 9.86. The third-order valence-electron chi connectivity index (χ3n) is 7.62. The molecule has 0 unspecified atom stereocenters. The summed E-state index contributed by atoms with van der Waals surface area (Å²) in [5.74, 6) is -0.0570. The molecular weight excluding hydrogens is 482 g/mol. The van der Waals surface area contributed by atoms with Crippen LogP contribution in [0.4, 0.5) is 11.4 Å². The quantitative estimate of drug-likeness (QED) is 0.238. The number of hydrogen-bond donors (Lipinski definition) is 0. The van der Waals surface area contributed by atoms with Crippen molar-refractivity contribution in [1.82, 2.24) is 4.90 Å². The van der Waals surface area contributed by atoms with E-state index in [0.29, 0.717) is 6.54 Å². The first kappa shape index (κ1) is 25.4. The fourth-order valence-electron chi connectivity index (χ4n) is 5.69. The minimum Gasteiger partial charge on any atom is -0.497 e. The van der Waals surface area contributed by atoms with Crippen molar-refractivity contribution in [2.45, 2.75) is 50.6 Å². The zero-order chi connectivity index (χ0) is 26.6. The average Bonchev–Trinajstić information content (AvgIpc) is 2.97. The second-order valence-electron chi connectivity index (χ2n) is 9.86. The van der Waals surface area contributed by atoms with Gasteiger partial charge >= 0.3 is 0 Å². The summed E-state index contributed by atoms with van der Waals surface area (Å²) in [6, 6.07) is 20.2. The Labute approximate surface area is 222 Å². The van der Waals surface area contributed by atoms with Crippen LogP contribution in [0, 0.1) is 10.1 Å². The van der Waals surface area contributed by atoms with Crippen molar-refractivity contribution in [3.05, 3.63) is 99.6 Å². The lowest BCUT2D eigenvalue weighted by Gasteiger charge is -2.42. The van der Waals surface area contributed by atoms with E-state index in [9.17, 15) is 19.7 Å². The van der Waals surface area contributed by atoms with Crippen molar-refractivity contribution in [3.8, 4) is 5.75 Å². The van der Waals surface area contributed by atoms with E-state index in [4.69, 9.17) is 4.74 Å². The van der Waals surface area contributed by atoms with E-state index in [2.05, 4.69) is 4.90 Å². The maximum Gasteiger partial charge on any atom is 0.270 e. The second kappa shape index (κ2) is 11.0. The molecule has 8 heteroatoms. The molecule has 1 atom stereocenters. The maximum atomic E-state index is 14.6. The number of nitro groups is 1. The van der Waals surface area contributed by atoms with Gasteiger partial charge in [-0.3, -0.25) is 24.6 Å². The summed E-state index contributed by atoms with van der Waals surface area (Å²) >= 11 is 0. The van der Waals surface area contributed by atoms with Gasteiger partial charge in [-0.15, -0.1) is 0 Å². The molecule has 38 heavy (non-hydrogen) atoms. The standard InChI is InChI=1S/C30H31N3O5/c1-38-26-16-14-23(15-17-26)31-19-18-21-8-5-6-13-27(21)28(31)30(35)32(24-10-3-2-4-11-24)29(34)22-9-7-12-25(20-22)33(36)37/h5-9,12-17,20,24,28H,2-4,10-11,18-19H2,1H3/t28-/m1/s1. The predicted molar refractivity (Wildman–Crippen MR) is 144 cm³/mol. The minimum atomic E-state index is -0.696. The highest BCUT2D eigenvalue weighted by Crippen LogP contribution is 2.38. The number of imide groups is 1. The molecule has 5 rings (SSSR count). The number of carbonyl (C=O) groups excluding carboxylic acids is 2. The van der Waals surface area contributed by atoms with E-state index >= 15 is 0 Å². The Morgan fingerprint density at radius 3 is 2.42 bits per heavy atom. The van der Waals surface area contributed by atoms with Gasteiger partial charge in [-0.2, -0.15) is 0 Å². The summed E-state index contributed by atoms with van der Waals surface area (Å²) in [5, 5.41) is 11.4. The Hall–Kier alpha value is -4.20. The number of fused-ring (bicyclic) bond motifs is 1. The minimum absolute atomic E-state index is 0.151. The number of nitro benzene ring substituents is 1. The normalized spacial score (nSPS) is 17.4. The summed E-state index contributed by atoms with van der Waals surface area (Å²) < 4.78 is 5.33. The van der Waals surface area contributed by atoms with E-state index in [1.54, 1.807) is 13.2 Å². The van der Waals surface area contributed by atoms with Crippen LogP contribution in [0.2, 0.25) is 0 Å². The molecule has 2 aliphatic rings. The molecule has 3 aromatic carbocycles. The van der Waals surface area contributed by atoms with E-state index < -0.39 is 16.9 Å². The number of non-ortho nitro benzene ring substituents is 1. The summed E-state index contributed by atoms with van der Waals surface area (Å²) in [6.45, 7) is 0.614. The van der Waals surface area contributed by atoms with Gasteiger partial charge in [-0.05, 0) is 60.7 Å². The Bertz CT molecular complexity index is 1330. The van der Waals surface area contributed by atoms with Crippen molar-refractivity contribution < 1.29 is 19.2 Å². The first-order valence-electron chi connectivity index (χ1n) is 13.1. The highest BCUT2D eigenvalue weighted by molar-refractivity contribution is 6.07. The number of rotatable bonds is 6. The van der Waals surface area contributed by atoms with Crippen LogP contribution in [0.5, 0.6) is 5.75 Å². The van der Waals surface area contributed by atoms with Gasteiger partial charge in [0, 0.05) is 36.0 Å². The van der Waals surface area contributed by atoms with Gasteiger partial charge in [-0.1, -0.05) is 49.6 Å². The number of ether oxygens (including phenoxy) is 1. The summed E-state index contributed by atoms with van der Waals surface area (Å²) in [4.78, 5) is 42.9. The van der Waals surface area contributed by atoms with Gasteiger partial charge in [0.15, 0.2) is 0 Å². The number of hydrogen-bond acceptors (Lipinski definition) is 6. The molecule has 1 aliphatic carbocycles. The van der Waals surface area contributed by atoms with E-state index in [1.807, 2.05) is 48.5 Å². The molecule has 0 bridgehead atoms. The van der Waals surface area contributed by atoms with Crippen molar-refractivity contribution in [2.24, 2.45) is 0 Å². The molecular formula is C30H31N3O5. The molecule has 8 nitrogen and oxygen atoms in total. The molecule has 1 fully saturated rings. The van der Waals surface area contributed by atoms with Crippen LogP contribution in [0.3, 0.4) is 0 Å². The monoisotopic (exact) mass is 513 g/mol. The lowest BCUT2D eigenvalue weighted by Crippen LogP contribution is -2.52. The van der Waals surface area contributed by atoms with Gasteiger partial charge < -0.3 is 9.64 Å². The number of benzene rings is 3. The lowest BCUT2D eigenvalue weighted by molar-refractivity contribution is -0.384. The van der Waals surface area contributed by atoms with E-state index in [1.165, 1.54) is 23.1 Å². The fraction of sp³-hybridized carbons (Fsp3) is 0.333. The van der Waals surface area contributed by atoms with Crippen LogP contribution in [-0.2, 0) is 11.2 Å². The van der Waals surface area contributed by atoms with Crippen molar-refractivity contribution in [1.29, 1.82) is 0 Å². The van der Waals surface area contributed by atoms with E-state index in [0.717, 1.165) is 61.1 Å². The Kier molecular flexibility index (Phi) is 7.40. The third kappa shape index (κ3) is 4.98. The first-order chi connectivity index (χ1) is 18.5. The van der Waals surface area contributed by atoms with Crippen LogP contribution in [0.25, 0.3) is 0 Å². The van der Waals surface area contributed by atoms with Crippen LogP contribution in [0.15, 0.2) is 72.8 Å². The molecule has 0 N–H and O–H groups in total.